The lowest BCUT2D eigenvalue weighted by Gasteiger charge is -2.13. The van der Waals surface area contributed by atoms with Gasteiger partial charge in [-0.25, -0.2) is 14.7 Å². The zero-order valence-electron chi connectivity index (χ0n) is 14.8. The first kappa shape index (κ1) is 16.9. The van der Waals surface area contributed by atoms with E-state index in [9.17, 15) is 19.5 Å². The average Bonchev–Trinajstić information content (AvgIpc) is 2.99. The third kappa shape index (κ3) is 2.60. The smallest absolute Gasteiger partial charge is 0.347 e. The molecule has 0 unspecified atom stereocenters. The molecule has 1 aliphatic rings. The van der Waals surface area contributed by atoms with Gasteiger partial charge in [-0.2, -0.15) is 0 Å². The van der Waals surface area contributed by atoms with Gasteiger partial charge >= 0.3 is 5.63 Å². The number of para-hydroxylation sites is 1. The van der Waals surface area contributed by atoms with Crippen LogP contribution < -0.4 is 10.5 Å². The zero-order chi connectivity index (χ0) is 20.1. The van der Waals surface area contributed by atoms with Crippen molar-refractivity contribution in [1.29, 1.82) is 0 Å². The molecule has 0 aliphatic carbocycles. The number of aromatic hydroxyl groups is 1. The molecule has 0 saturated heterocycles. The van der Waals surface area contributed by atoms with Gasteiger partial charge in [0, 0.05) is 5.56 Å². The van der Waals surface area contributed by atoms with Crippen LogP contribution in [-0.2, 0) is 0 Å². The summed E-state index contributed by atoms with van der Waals surface area (Å²) in [6.07, 6.45) is 0. The number of phenolic OH excluding ortho intramolecular Hbond substituents is 1. The predicted molar refractivity (Wildman–Crippen MR) is 105 cm³/mol. The maximum atomic E-state index is 12.9. The number of nitrogens with zero attached hydrogens (tertiary/aromatic N) is 2. The molecule has 4 aromatic rings. The second-order valence-corrected chi connectivity index (χ2v) is 6.55. The average molecular weight is 384 g/mol. The molecule has 2 amide bonds. The normalized spacial score (nSPS) is 13.2. The summed E-state index contributed by atoms with van der Waals surface area (Å²) in [5, 5.41) is 9.80. The van der Waals surface area contributed by atoms with Gasteiger partial charge in [0.25, 0.3) is 11.8 Å². The van der Waals surface area contributed by atoms with E-state index < -0.39 is 17.4 Å². The number of hydrogen-bond acceptors (Lipinski definition) is 6. The van der Waals surface area contributed by atoms with Gasteiger partial charge in [-0.05, 0) is 54.6 Å². The summed E-state index contributed by atoms with van der Waals surface area (Å²) in [6, 6.07) is 17.2. The number of phenols is 1. The fourth-order valence-electron chi connectivity index (χ4n) is 3.35. The number of hydrogen-bond donors (Lipinski definition) is 1. The molecule has 3 aromatic carbocycles. The van der Waals surface area contributed by atoms with Gasteiger partial charge in [-0.3, -0.25) is 9.59 Å². The molecule has 2 heterocycles. The number of anilines is 1. The van der Waals surface area contributed by atoms with Crippen LogP contribution in [0.2, 0.25) is 0 Å². The quantitative estimate of drug-likeness (QED) is 0.532. The Bertz CT molecular complexity index is 1370. The van der Waals surface area contributed by atoms with Crippen LogP contribution in [-0.4, -0.2) is 21.9 Å². The molecule has 0 bridgehead atoms. The Hall–Kier alpha value is -4.26. The Morgan fingerprint density at radius 3 is 2.34 bits per heavy atom. The van der Waals surface area contributed by atoms with E-state index in [4.69, 9.17) is 4.42 Å². The minimum atomic E-state index is -0.528. The molecule has 0 fully saturated rings. The van der Waals surface area contributed by atoms with Crippen LogP contribution in [0.5, 0.6) is 5.75 Å². The van der Waals surface area contributed by atoms with Crippen LogP contribution in [0.25, 0.3) is 22.4 Å². The largest absolute Gasteiger partial charge is 0.508 e. The van der Waals surface area contributed by atoms with Crippen molar-refractivity contribution in [2.45, 2.75) is 0 Å². The highest BCUT2D eigenvalue weighted by atomic mass is 16.4. The zero-order valence-corrected chi connectivity index (χ0v) is 14.8. The van der Waals surface area contributed by atoms with Gasteiger partial charge < -0.3 is 9.52 Å². The van der Waals surface area contributed by atoms with Crippen molar-refractivity contribution in [3.8, 4) is 17.2 Å². The predicted octanol–water partition coefficient (Wildman–Crippen LogP) is 3.36. The van der Waals surface area contributed by atoms with E-state index in [-0.39, 0.29) is 22.8 Å². The van der Waals surface area contributed by atoms with Gasteiger partial charge in [0.05, 0.1) is 27.7 Å². The molecule has 7 nitrogen and oxygen atoms in total. The minimum Gasteiger partial charge on any atom is -0.508 e. The van der Waals surface area contributed by atoms with Crippen molar-refractivity contribution < 1.29 is 19.1 Å². The molecular weight excluding hydrogens is 372 g/mol. The van der Waals surface area contributed by atoms with E-state index in [0.29, 0.717) is 22.2 Å². The van der Waals surface area contributed by atoms with Crippen molar-refractivity contribution in [2.24, 2.45) is 0 Å². The molecule has 29 heavy (non-hydrogen) atoms. The third-order valence-electron chi connectivity index (χ3n) is 4.78. The molecule has 1 aliphatic heterocycles. The second kappa shape index (κ2) is 6.13. The molecule has 1 aromatic heterocycles. The molecule has 7 heteroatoms. The lowest BCUT2D eigenvalue weighted by molar-refractivity contribution is 0.0926. The van der Waals surface area contributed by atoms with Gasteiger partial charge in [0.2, 0.25) is 5.89 Å². The first-order valence-electron chi connectivity index (χ1n) is 8.75. The molecule has 0 spiro atoms. The van der Waals surface area contributed by atoms with Crippen LogP contribution in [0.15, 0.2) is 75.9 Å². The maximum absolute atomic E-state index is 12.9. The van der Waals surface area contributed by atoms with E-state index in [1.165, 1.54) is 36.4 Å². The van der Waals surface area contributed by atoms with Crippen molar-refractivity contribution in [3.05, 3.63) is 88.3 Å². The summed E-state index contributed by atoms with van der Waals surface area (Å²) in [4.78, 5) is 43.2. The molecule has 5 rings (SSSR count). The summed E-state index contributed by atoms with van der Waals surface area (Å²) >= 11 is 0. The van der Waals surface area contributed by atoms with Crippen LogP contribution in [0.1, 0.15) is 20.7 Å². The lowest BCUT2D eigenvalue weighted by atomic mass is 10.1. The Balaban J connectivity index is 1.60. The molecule has 0 atom stereocenters. The summed E-state index contributed by atoms with van der Waals surface area (Å²) in [5.41, 5.74) is 1.16. The van der Waals surface area contributed by atoms with Crippen LogP contribution in [0.4, 0.5) is 5.69 Å². The Morgan fingerprint density at radius 2 is 1.55 bits per heavy atom. The van der Waals surface area contributed by atoms with Crippen molar-refractivity contribution >= 4 is 28.4 Å². The highest BCUT2D eigenvalue weighted by Crippen LogP contribution is 2.32. The van der Waals surface area contributed by atoms with Crippen molar-refractivity contribution in [2.75, 3.05) is 4.90 Å². The van der Waals surface area contributed by atoms with E-state index in [1.807, 2.05) is 0 Å². The Labute approximate surface area is 163 Å². The third-order valence-corrected chi connectivity index (χ3v) is 4.78. The van der Waals surface area contributed by atoms with Gasteiger partial charge in [0.15, 0.2) is 0 Å². The van der Waals surface area contributed by atoms with Crippen LogP contribution in [0.3, 0.4) is 0 Å². The fourth-order valence-corrected chi connectivity index (χ4v) is 3.35. The molecule has 0 radical (unpaired) electrons. The summed E-state index contributed by atoms with van der Waals surface area (Å²) in [7, 11) is 0. The molecular formula is C22H12N2O5. The Kier molecular flexibility index (Phi) is 3.57. The van der Waals surface area contributed by atoms with Crippen molar-refractivity contribution in [3.63, 3.8) is 0 Å². The number of aromatic nitrogens is 1. The SMILES string of the molecule is O=C1c2ccc(-c3nc4ccccc4c(=O)o3)cc2C(=O)N1c1ccc(O)cc1. The fraction of sp³-hybridized carbons (Fsp3) is 0. The summed E-state index contributed by atoms with van der Waals surface area (Å²) in [6.45, 7) is 0. The number of imide groups is 1. The van der Waals surface area contributed by atoms with Gasteiger partial charge in [-0.1, -0.05) is 12.1 Å². The summed E-state index contributed by atoms with van der Waals surface area (Å²) in [5.74, 6) is -0.860. The monoisotopic (exact) mass is 384 g/mol. The first-order chi connectivity index (χ1) is 14.0. The number of fused-ring (bicyclic) bond motifs is 2. The van der Waals surface area contributed by atoms with Gasteiger partial charge in [0.1, 0.15) is 5.75 Å². The molecule has 0 saturated carbocycles. The topological polar surface area (TPSA) is 101 Å². The Morgan fingerprint density at radius 1 is 0.828 bits per heavy atom. The van der Waals surface area contributed by atoms with Crippen molar-refractivity contribution in [1.82, 2.24) is 4.98 Å². The van der Waals surface area contributed by atoms with Crippen LogP contribution >= 0.6 is 0 Å². The van der Waals surface area contributed by atoms with E-state index in [2.05, 4.69) is 4.98 Å². The molecule has 140 valence electrons. The number of carbonyl (C=O) groups is 2. The highest BCUT2D eigenvalue weighted by molar-refractivity contribution is 6.34. The number of carbonyl (C=O) groups excluding carboxylic acids is 2. The lowest BCUT2D eigenvalue weighted by Crippen LogP contribution is -2.29. The van der Waals surface area contributed by atoms with E-state index >= 15 is 0 Å². The van der Waals surface area contributed by atoms with E-state index in [1.54, 1.807) is 30.3 Å². The van der Waals surface area contributed by atoms with Crippen LogP contribution in [0, 0.1) is 0 Å². The van der Waals surface area contributed by atoms with Gasteiger partial charge in [-0.15, -0.1) is 0 Å². The number of amides is 2. The van der Waals surface area contributed by atoms with E-state index in [0.717, 1.165) is 4.90 Å². The second-order valence-electron chi connectivity index (χ2n) is 6.55. The molecule has 1 N–H and O–H groups in total. The summed E-state index contributed by atoms with van der Waals surface area (Å²) < 4.78 is 5.32. The number of rotatable bonds is 2. The standard InChI is InChI=1S/C22H12N2O5/c25-14-8-6-13(7-9-14)24-20(26)15-10-5-12(11-17(15)21(24)27)19-23-18-4-2-1-3-16(18)22(28)29-19/h1-11,25H. The first-order valence-corrected chi connectivity index (χ1v) is 8.75. The number of benzene rings is 3. The minimum absolute atomic E-state index is 0.0325. The maximum Gasteiger partial charge on any atom is 0.347 e. The highest BCUT2D eigenvalue weighted by Gasteiger charge is 2.37.